The Kier molecular flexibility index (Phi) is 5.19. The van der Waals surface area contributed by atoms with Crippen LogP contribution in [0.5, 0.6) is 0 Å². The van der Waals surface area contributed by atoms with Crippen molar-refractivity contribution in [3.8, 4) is 0 Å². The summed E-state index contributed by atoms with van der Waals surface area (Å²) in [6, 6.07) is 22.2. The fourth-order valence-electron chi connectivity index (χ4n) is 2.61. The molecule has 0 saturated carbocycles. The largest absolute Gasteiger partial charge is 0.439 e. The van der Waals surface area contributed by atoms with Crippen molar-refractivity contribution in [3.63, 3.8) is 0 Å². The molecule has 0 amide bonds. The molecule has 0 fully saturated rings. The maximum absolute atomic E-state index is 5.94. The van der Waals surface area contributed by atoms with Gasteiger partial charge in [-0.05, 0) is 49.4 Å². The van der Waals surface area contributed by atoms with Gasteiger partial charge in [0.25, 0.3) is 0 Å². The summed E-state index contributed by atoms with van der Waals surface area (Å²) in [6.45, 7) is 2.94. The predicted molar refractivity (Wildman–Crippen MR) is 106 cm³/mol. The van der Waals surface area contributed by atoms with E-state index in [1.807, 2.05) is 56.6 Å². The molecule has 0 bridgehead atoms. The minimum absolute atomic E-state index is 0.737. The first kappa shape index (κ1) is 16.8. The summed E-state index contributed by atoms with van der Waals surface area (Å²) in [4.78, 5) is 8.69. The summed E-state index contributed by atoms with van der Waals surface area (Å²) in [5.74, 6) is 1.55. The zero-order valence-corrected chi connectivity index (χ0v) is 14.9. The van der Waals surface area contributed by atoms with E-state index in [9.17, 15) is 0 Å². The fourth-order valence-corrected chi connectivity index (χ4v) is 2.61. The lowest BCUT2D eigenvalue weighted by Gasteiger charge is -2.19. The van der Waals surface area contributed by atoms with Crippen molar-refractivity contribution in [1.82, 2.24) is 0 Å². The molecule has 2 aromatic carbocycles. The number of hydrogen-bond acceptors (Lipinski definition) is 4. The Morgan fingerprint density at radius 1 is 0.880 bits per heavy atom. The van der Waals surface area contributed by atoms with Gasteiger partial charge in [0.05, 0.1) is 11.9 Å². The smallest absolute Gasteiger partial charge is 0.200 e. The molecule has 0 aliphatic rings. The highest BCUT2D eigenvalue weighted by Gasteiger charge is 2.10. The van der Waals surface area contributed by atoms with Crippen LogP contribution < -0.4 is 9.80 Å². The number of aliphatic imine (C=N–C) groups is 1. The van der Waals surface area contributed by atoms with Gasteiger partial charge in [-0.3, -0.25) is 4.99 Å². The molecule has 0 N–H and O–H groups in total. The van der Waals surface area contributed by atoms with Gasteiger partial charge in [0.15, 0.2) is 0 Å². The first-order valence-electron chi connectivity index (χ1n) is 8.41. The highest BCUT2D eigenvalue weighted by atomic mass is 16.4. The van der Waals surface area contributed by atoms with Crippen LogP contribution in [-0.2, 0) is 0 Å². The molecule has 0 unspecified atom stereocenters. The molecule has 4 heteroatoms. The first-order chi connectivity index (χ1) is 12.2. The van der Waals surface area contributed by atoms with Crippen LogP contribution in [-0.4, -0.2) is 26.9 Å². The van der Waals surface area contributed by atoms with Crippen LogP contribution in [0.1, 0.15) is 12.7 Å². The van der Waals surface area contributed by atoms with Crippen LogP contribution in [0.3, 0.4) is 0 Å². The molecule has 4 nitrogen and oxygen atoms in total. The maximum Gasteiger partial charge on any atom is 0.200 e. The van der Waals surface area contributed by atoms with Gasteiger partial charge < -0.3 is 14.2 Å². The average Bonchev–Trinajstić information content (AvgIpc) is 3.10. The van der Waals surface area contributed by atoms with Gasteiger partial charge in [0.2, 0.25) is 5.88 Å². The van der Waals surface area contributed by atoms with Gasteiger partial charge >= 0.3 is 0 Å². The molecule has 25 heavy (non-hydrogen) atoms. The Bertz CT molecular complexity index is 820. The van der Waals surface area contributed by atoms with Gasteiger partial charge in [0, 0.05) is 38.1 Å². The summed E-state index contributed by atoms with van der Waals surface area (Å²) in [5, 5.41) is 0. The van der Waals surface area contributed by atoms with Crippen molar-refractivity contribution in [2.24, 2.45) is 4.99 Å². The van der Waals surface area contributed by atoms with Crippen molar-refractivity contribution in [2.45, 2.75) is 6.92 Å². The van der Waals surface area contributed by atoms with E-state index in [-0.39, 0.29) is 0 Å². The van der Waals surface area contributed by atoms with E-state index >= 15 is 0 Å². The van der Waals surface area contributed by atoms with Crippen LogP contribution in [0, 0.1) is 0 Å². The van der Waals surface area contributed by atoms with Gasteiger partial charge in [0.1, 0.15) is 5.76 Å². The SMILES string of the molecule is CCN(c1ccccc1)c1ccc(C=Nc2ccc(N(C)C)cc2)o1. The Hall–Kier alpha value is -3.01. The molecule has 0 aliphatic heterocycles. The van der Waals surface area contributed by atoms with Gasteiger partial charge in [-0.25, -0.2) is 0 Å². The van der Waals surface area contributed by atoms with E-state index in [1.54, 1.807) is 6.21 Å². The molecule has 3 aromatic rings. The molecule has 128 valence electrons. The Morgan fingerprint density at radius 2 is 1.60 bits per heavy atom. The molecule has 0 radical (unpaired) electrons. The summed E-state index contributed by atoms with van der Waals surface area (Å²) in [5.41, 5.74) is 3.17. The number of nitrogens with zero attached hydrogens (tertiary/aromatic N) is 3. The first-order valence-corrected chi connectivity index (χ1v) is 8.41. The number of anilines is 3. The molecule has 1 heterocycles. The lowest BCUT2D eigenvalue weighted by Crippen LogP contribution is -2.14. The molecule has 1 aromatic heterocycles. The third-order valence-corrected chi connectivity index (χ3v) is 3.97. The van der Waals surface area contributed by atoms with E-state index in [0.717, 1.165) is 35.3 Å². The van der Waals surface area contributed by atoms with Crippen LogP contribution >= 0.6 is 0 Å². The molecule has 0 spiro atoms. The minimum atomic E-state index is 0.737. The Morgan fingerprint density at radius 3 is 2.24 bits per heavy atom. The van der Waals surface area contributed by atoms with Crippen LogP contribution in [0.4, 0.5) is 22.9 Å². The van der Waals surface area contributed by atoms with E-state index in [1.165, 1.54) is 0 Å². The summed E-state index contributed by atoms with van der Waals surface area (Å²) in [6.07, 6.45) is 1.76. The normalized spacial score (nSPS) is 11.0. The molecule has 0 atom stereocenters. The quantitative estimate of drug-likeness (QED) is 0.577. The fraction of sp³-hybridized carbons (Fsp3) is 0.190. The topological polar surface area (TPSA) is 32.0 Å². The Labute approximate surface area is 149 Å². The van der Waals surface area contributed by atoms with Crippen molar-refractivity contribution >= 4 is 29.2 Å². The maximum atomic E-state index is 5.94. The lowest BCUT2D eigenvalue weighted by atomic mass is 10.3. The Balaban J connectivity index is 1.74. The van der Waals surface area contributed by atoms with Gasteiger partial charge in [-0.1, -0.05) is 18.2 Å². The molecular formula is C21H23N3O. The monoisotopic (exact) mass is 333 g/mol. The zero-order valence-electron chi connectivity index (χ0n) is 14.9. The highest BCUT2D eigenvalue weighted by molar-refractivity contribution is 5.80. The van der Waals surface area contributed by atoms with Gasteiger partial charge in [-0.2, -0.15) is 0 Å². The van der Waals surface area contributed by atoms with E-state index in [2.05, 4.69) is 46.0 Å². The summed E-state index contributed by atoms with van der Waals surface area (Å²) >= 11 is 0. The third-order valence-electron chi connectivity index (χ3n) is 3.97. The third kappa shape index (κ3) is 4.10. The van der Waals surface area contributed by atoms with Crippen molar-refractivity contribution in [1.29, 1.82) is 0 Å². The second-order valence-electron chi connectivity index (χ2n) is 5.92. The van der Waals surface area contributed by atoms with Crippen LogP contribution in [0.25, 0.3) is 0 Å². The summed E-state index contributed by atoms with van der Waals surface area (Å²) in [7, 11) is 4.05. The van der Waals surface area contributed by atoms with E-state index in [0.29, 0.717) is 0 Å². The second-order valence-corrected chi connectivity index (χ2v) is 5.92. The highest BCUT2D eigenvalue weighted by Crippen LogP contribution is 2.26. The molecule has 3 rings (SSSR count). The van der Waals surface area contributed by atoms with Crippen LogP contribution in [0.2, 0.25) is 0 Å². The molecule has 0 aliphatic carbocycles. The average molecular weight is 333 g/mol. The van der Waals surface area contributed by atoms with Crippen LogP contribution in [0.15, 0.2) is 76.1 Å². The van der Waals surface area contributed by atoms with Crippen molar-refractivity contribution in [2.75, 3.05) is 30.4 Å². The minimum Gasteiger partial charge on any atom is -0.439 e. The van der Waals surface area contributed by atoms with E-state index in [4.69, 9.17) is 4.42 Å². The summed E-state index contributed by atoms with van der Waals surface area (Å²) < 4.78 is 5.94. The lowest BCUT2D eigenvalue weighted by molar-refractivity contribution is 0.558. The predicted octanol–water partition coefficient (Wildman–Crippen LogP) is 5.25. The number of benzene rings is 2. The van der Waals surface area contributed by atoms with Crippen molar-refractivity contribution < 1.29 is 4.42 Å². The number of furan rings is 1. The molecular weight excluding hydrogens is 310 g/mol. The molecule has 0 saturated heterocycles. The number of hydrogen-bond donors (Lipinski definition) is 0. The van der Waals surface area contributed by atoms with E-state index < -0.39 is 0 Å². The zero-order chi connectivity index (χ0) is 17.6. The second kappa shape index (κ2) is 7.71. The van der Waals surface area contributed by atoms with Crippen molar-refractivity contribution in [3.05, 3.63) is 72.5 Å². The number of para-hydroxylation sites is 1. The van der Waals surface area contributed by atoms with Gasteiger partial charge in [-0.15, -0.1) is 0 Å². The number of rotatable bonds is 6. The standard InChI is InChI=1S/C21H23N3O/c1-4-24(19-8-6-5-7-9-19)21-15-14-20(25-21)16-22-17-10-12-18(13-11-17)23(2)3/h5-16H,4H2,1-3H3.